The highest BCUT2D eigenvalue weighted by atomic mass is 35.5. The molecule has 21 heavy (non-hydrogen) atoms. The Kier molecular flexibility index (Phi) is 7.60. The number of halogens is 3. The first-order chi connectivity index (χ1) is 9.60. The molecule has 0 saturated carbocycles. The van der Waals surface area contributed by atoms with E-state index in [1.165, 1.54) is 0 Å². The number of carbonyl (C=O) groups excluding carboxylic acids is 1. The van der Waals surface area contributed by atoms with Crippen LogP contribution < -0.4 is 10.5 Å². The van der Waals surface area contributed by atoms with Gasteiger partial charge in [-0.1, -0.05) is 23.2 Å². The van der Waals surface area contributed by atoms with Gasteiger partial charge in [0.15, 0.2) is 0 Å². The summed E-state index contributed by atoms with van der Waals surface area (Å²) >= 11 is 11.8. The van der Waals surface area contributed by atoms with E-state index < -0.39 is 0 Å². The van der Waals surface area contributed by atoms with Crippen molar-refractivity contribution >= 4 is 41.5 Å². The van der Waals surface area contributed by atoms with Crippen LogP contribution in [0.1, 0.15) is 12.8 Å². The van der Waals surface area contributed by atoms with Crippen molar-refractivity contribution in [3.05, 3.63) is 28.2 Å². The van der Waals surface area contributed by atoms with Gasteiger partial charge in [-0.05, 0) is 37.1 Å². The monoisotopic (exact) mass is 352 g/mol. The maximum absolute atomic E-state index is 12.0. The number of likely N-dealkylation sites (tertiary alicyclic amines) is 1. The first kappa shape index (κ1) is 18.4. The minimum Gasteiger partial charge on any atom is -0.491 e. The van der Waals surface area contributed by atoms with Crippen LogP contribution in [0.2, 0.25) is 10.0 Å². The highest BCUT2D eigenvalue weighted by molar-refractivity contribution is 6.35. The van der Waals surface area contributed by atoms with Gasteiger partial charge in [-0.15, -0.1) is 12.4 Å². The second kappa shape index (κ2) is 8.69. The summed E-state index contributed by atoms with van der Waals surface area (Å²) in [6.07, 6.45) is 1.34. The first-order valence-corrected chi connectivity index (χ1v) is 7.41. The average Bonchev–Trinajstić information content (AvgIpc) is 2.90. The van der Waals surface area contributed by atoms with Crippen LogP contribution in [0.5, 0.6) is 5.75 Å². The lowest BCUT2D eigenvalue weighted by atomic mass is 10.1. The highest BCUT2D eigenvalue weighted by Gasteiger charge is 2.24. The van der Waals surface area contributed by atoms with E-state index in [1.807, 2.05) is 4.90 Å². The predicted molar refractivity (Wildman–Crippen MR) is 87.6 cm³/mol. The molecule has 7 heteroatoms. The molecule has 1 aliphatic rings. The molecule has 2 N–H and O–H groups in total. The maximum Gasteiger partial charge on any atom is 0.226 e. The molecule has 1 heterocycles. The lowest BCUT2D eigenvalue weighted by molar-refractivity contribution is -0.130. The molecule has 1 aromatic rings. The Labute approximate surface area is 140 Å². The van der Waals surface area contributed by atoms with E-state index in [0.29, 0.717) is 41.3 Å². The van der Waals surface area contributed by atoms with Crippen LogP contribution in [-0.2, 0) is 4.79 Å². The van der Waals surface area contributed by atoms with Gasteiger partial charge in [0.25, 0.3) is 0 Å². The SMILES string of the molecule is Cl.NCC1CCN(C(=O)CCOc2ccc(Cl)cc2Cl)C1. The molecule has 0 aliphatic carbocycles. The Morgan fingerprint density at radius 3 is 2.81 bits per heavy atom. The molecule has 0 radical (unpaired) electrons. The largest absolute Gasteiger partial charge is 0.491 e. The van der Waals surface area contributed by atoms with Crippen molar-refractivity contribution < 1.29 is 9.53 Å². The number of amides is 1. The number of nitrogens with two attached hydrogens (primary N) is 1. The Balaban J connectivity index is 0.00000220. The Morgan fingerprint density at radius 2 is 2.19 bits per heavy atom. The third-order valence-corrected chi connectivity index (χ3v) is 3.97. The zero-order valence-electron chi connectivity index (χ0n) is 11.6. The third kappa shape index (κ3) is 5.22. The van der Waals surface area contributed by atoms with Crippen molar-refractivity contribution in [2.24, 2.45) is 11.7 Å². The molecule has 1 atom stereocenters. The van der Waals surface area contributed by atoms with Crippen molar-refractivity contribution in [1.82, 2.24) is 4.90 Å². The fourth-order valence-electron chi connectivity index (χ4n) is 2.25. The second-order valence-electron chi connectivity index (χ2n) is 4.90. The van der Waals surface area contributed by atoms with Crippen molar-refractivity contribution in [3.63, 3.8) is 0 Å². The van der Waals surface area contributed by atoms with Crippen molar-refractivity contribution in [2.45, 2.75) is 12.8 Å². The van der Waals surface area contributed by atoms with Crippen LogP contribution in [0.4, 0.5) is 0 Å². The highest BCUT2D eigenvalue weighted by Crippen LogP contribution is 2.27. The molecule has 1 unspecified atom stereocenters. The Bertz CT molecular complexity index is 485. The lowest BCUT2D eigenvalue weighted by Gasteiger charge is -2.16. The summed E-state index contributed by atoms with van der Waals surface area (Å²) in [5.74, 6) is 1.08. The molecule has 1 aromatic carbocycles. The normalized spacial score (nSPS) is 17.5. The van der Waals surface area contributed by atoms with Crippen molar-refractivity contribution in [2.75, 3.05) is 26.2 Å². The maximum atomic E-state index is 12.0. The molecule has 1 amide bonds. The summed E-state index contributed by atoms with van der Waals surface area (Å²) in [6, 6.07) is 5.03. The number of hydrogen-bond donors (Lipinski definition) is 1. The first-order valence-electron chi connectivity index (χ1n) is 6.66. The van der Waals surface area contributed by atoms with Gasteiger partial charge >= 0.3 is 0 Å². The van der Waals surface area contributed by atoms with E-state index in [0.717, 1.165) is 19.5 Å². The van der Waals surface area contributed by atoms with E-state index in [-0.39, 0.29) is 18.3 Å². The summed E-state index contributed by atoms with van der Waals surface area (Å²) in [6.45, 7) is 2.50. The van der Waals surface area contributed by atoms with E-state index in [1.54, 1.807) is 18.2 Å². The zero-order valence-corrected chi connectivity index (χ0v) is 13.9. The fourth-order valence-corrected chi connectivity index (χ4v) is 2.71. The standard InChI is InChI=1S/C14H18Cl2N2O2.ClH/c15-11-1-2-13(12(16)7-11)20-6-4-14(19)18-5-3-10(8-17)9-18;/h1-2,7,10H,3-6,8-9,17H2;1H. The minimum absolute atomic E-state index is 0. The molecule has 1 fully saturated rings. The summed E-state index contributed by atoms with van der Waals surface area (Å²) < 4.78 is 5.51. The topological polar surface area (TPSA) is 55.6 Å². The number of carbonyl (C=O) groups is 1. The fraction of sp³-hybridized carbons (Fsp3) is 0.500. The quantitative estimate of drug-likeness (QED) is 0.885. The molecule has 0 spiro atoms. The molecule has 4 nitrogen and oxygen atoms in total. The van der Waals surface area contributed by atoms with Crippen LogP contribution in [0.3, 0.4) is 0 Å². The molecule has 1 saturated heterocycles. The number of ether oxygens (including phenoxy) is 1. The molecule has 2 rings (SSSR count). The van der Waals surface area contributed by atoms with Gasteiger partial charge in [0.05, 0.1) is 18.1 Å². The van der Waals surface area contributed by atoms with E-state index in [9.17, 15) is 4.79 Å². The average molecular weight is 354 g/mol. The van der Waals surface area contributed by atoms with E-state index in [4.69, 9.17) is 33.7 Å². The smallest absolute Gasteiger partial charge is 0.226 e. The Morgan fingerprint density at radius 1 is 1.43 bits per heavy atom. The molecular weight excluding hydrogens is 335 g/mol. The van der Waals surface area contributed by atoms with Gasteiger partial charge in [0, 0.05) is 18.1 Å². The predicted octanol–water partition coefficient (Wildman–Crippen LogP) is 2.99. The van der Waals surface area contributed by atoms with Gasteiger partial charge in [-0.2, -0.15) is 0 Å². The van der Waals surface area contributed by atoms with Crippen molar-refractivity contribution in [1.29, 1.82) is 0 Å². The van der Waals surface area contributed by atoms with Crippen LogP contribution in [0.15, 0.2) is 18.2 Å². The second-order valence-corrected chi connectivity index (χ2v) is 5.75. The molecule has 1 aliphatic heterocycles. The van der Waals surface area contributed by atoms with Gasteiger partial charge in [0.1, 0.15) is 5.75 Å². The Hall–Kier alpha value is -0.680. The van der Waals surface area contributed by atoms with Gasteiger partial charge in [0.2, 0.25) is 5.91 Å². The van der Waals surface area contributed by atoms with Gasteiger partial charge < -0.3 is 15.4 Å². The van der Waals surface area contributed by atoms with Crippen LogP contribution >= 0.6 is 35.6 Å². The zero-order chi connectivity index (χ0) is 14.5. The molecular formula is C14H19Cl3N2O2. The molecule has 0 aromatic heterocycles. The van der Waals surface area contributed by atoms with Crippen molar-refractivity contribution in [3.8, 4) is 5.75 Å². The van der Waals surface area contributed by atoms with E-state index in [2.05, 4.69) is 0 Å². The number of benzene rings is 1. The van der Waals surface area contributed by atoms with Gasteiger partial charge in [-0.25, -0.2) is 0 Å². The third-order valence-electron chi connectivity index (χ3n) is 3.44. The number of hydrogen-bond acceptors (Lipinski definition) is 3. The molecule has 118 valence electrons. The lowest BCUT2D eigenvalue weighted by Crippen LogP contribution is -2.30. The number of rotatable bonds is 5. The summed E-state index contributed by atoms with van der Waals surface area (Å²) in [5, 5.41) is 1.01. The van der Waals surface area contributed by atoms with Crippen LogP contribution in [0.25, 0.3) is 0 Å². The minimum atomic E-state index is 0. The molecule has 0 bridgehead atoms. The van der Waals surface area contributed by atoms with E-state index >= 15 is 0 Å². The summed E-state index contributed by atoms with van der Waals surface area (Å²) in [7, 11) is 0. The summed E-state index contributed by atoms with van der Waals surface area (Å²) in [5.41, 5.74) is 5.61. The summed E-state index contributed by atoms with van der Waals surface area (Å²) in [4.78, 5) is 13.8. The van der Waals surface area contributed by atoms with Crippen LogP contribution in [0, 0.1) is 5.92 Å². The van der Waals surface area contributed by atoms with Crippen LogP contribution in [-0.4, -0.2) is 37.0 Å². The number of nitrogens with zero attached hydrogens (tertiary/aromatic N) is 1. The van der Waals surface area contributed by atoms with Gasteiger partial charge in [-0.3, -0.25) is 4.79 Å².